The average Bonchev–Trinajstić information content (AvgIpc) is 2.48. The molecular weight excluding hydrogens is 344 g/mol. The van der Waals surface area contributed by atoms with Crippen molar-refractivity contribution >= 4 is 31.9 Å². The molecule has 0 aromatic heterocycles. The van der Waals surface area contributed by atoms with E-state index in [1.54, 1.807) is 0 Å². The van der Waals surface area contributed by atoms with Crippen LogP contribution in [0.2, 0.25) is 0 Å². The van der Waals surface area contributed by atoms with Gasteiger partial charge in [0.2, 0.25) is 0 Å². The molecule has 0 fully saturated rings. The van der Waals surface area contributed by atoms with E-state index in [9.17, 15) is 0 Å². The zero-order valence-electron chi connectivity index (χ0n) is 9.20. The van der Waals surface area contributed by atoms with Crippen LogP contribution in [0.1, 0.15) is 12.0 Å². The van der Waals surface area contributed by atoms with Crippen LogP contribution in [0.5, 0.6) is 5.75 Å². The minimum atomic E-state index is 0.179. The maximum atomic E-state index is 6.09. The van der Waals surface area contributed by atoms with Crippen molar-refractivity contribution < 1.29 is 4.74 Å². The van der Waals surface area contributed by atoms with Gasteiger partial charge in [-0.25, -0.2) is 0 Å². The van der Waals surface area contributed by atoms with E-state index in [1.165, 1.54) is 5.56 Å². The van der Waals surface area contributed by atoms with Gasteiger partial charge in [0, 0.05) is 14.9 Å². The summed E-state index contributed by atoms with van der Waals surface area (Å²) in [4.78, 5) is 0. The fraction of sp³-hybridized carbons (Fsp3) is 0.286. The van der Waals surface area contributed by atoms with Crippen molar-refractivity contribution in [3.8, 4) is 5.75 Å². The van der Waals surface area contributed by atoms with Crippen molar-refractivity contribution in [2.45, 2.75) is 18.9 Å². The molecule has 3 heteroatoms. The Labute approximate surface area is 118 Å². The summed E-state index contributed by atoms with van der Waals surface area (Å²) in [7, 11) is 0. The summed E-state index contributed by atoms with van der Waals surface area (Å²) in [5.74, 6) is 1.50. The fourth-order valence-electron chi connectivity index (χ4n) is 2.39. The van der Waals surface area contributed by atoms with Crippen LogP contribution in [0, 0.1) is 5.92 Å². The zero-order valence-corrected chi connectivity index (χ0v) is 12.4. The van der Waals surface area contributed by atoms with Gasteiger partial charge in [0.05, 0.1) is 0 Å². The number of halogens is 2. The minimum absolute atomic E-state index is 0.179. The number of rotatable bonds is 0. The largest absolute Gasteiger partial charge is 0.485 e. The highest BCUT2D eigenvalue weighted by Gasteiger charge is 2.26. The third-order valence-corrected chi connectivity index (χ3v) is 4.29. The first kappa shape index (κ1) is 11.5. The smallest absolute Gasteiger partial charge is 0.123 e. The molecule has 2 aliphatic rings. The van der Waals surface area contributed by atoms with E-state index in [1.807, 2.05) is 6.07 Å². The first-order chi connectivity index (χ1) is 8.22. The Bertz CT molecular complexity index is 505. The van der Waals surface area contributed by atoms with E-state index in [0.717, 1.165) is 27.5 Å². The van der Waals surface area contributed by atoms with E-state index in [2.05, 4.69) is 62.2 Å². The molecule has 17 heavy (non-hydrogen) atoms. The van der Waals surface area contributed by atoms with Crippen molar-refractivity contribution in [1.82, 2.24) is 0 Å². The molecule has 1 heterocycles. The molecule has 0 saturated heterocycles. The lowest BCUT2D eigenvalue weighted by Crippen LogP contribution is -2.24. The highest BCUT2D eigenvalue weighted by molar-refractivity contribution is 9.12. The number of fused-ring (bicyclic) bond motifs is 2. The number of allylic oxidation sites excluding steroid dienone is 2. The predicted octanol–water partition coefficient (Wildman–Crippen LogP) is 4.61. The van der Waals surface area contributed by atoms with Gasteiger partial charge in [0.25, 0.3) is 0 Å². The normalized spacial score (nSPS) is 26.4. The number of hydrogen-bond donors (Lipinski definition) is 0. The molecule has 1 aliphatic carbocycles. The molecule has 0 saturated carbocycles. The number of ether oxygens (including phenoxy) is 1. The second-order valence-electron chi connectivity index (χ2n) is 4.45. The first-order valence-corrected chi connectivity index (χ1v) is 7.31. The van der Waals surface area contributed by atoms with E-state index < -0.39 is 0 Å². The zero-order chi connectivity index (χ0) is 11.8. The van der Waals surface area contributed by atoms with Gasteiger partial charge in [0.1, 0.15) is 11.9 Å². The molecule has 2 unspecified atom stereocenters. The molecule has 0 bridgehead atoms. The van der Waals surface area contributed by atoms with Crippen LogP contribution in [0.25, 0.3) is 0 Å². The van der Waals surface area contributed by atoms with Gasteiger partial charge in [-0.05, 0) is 48.8 Å². The van der Waals surface area contributed by atoms with Gasteiger partial charge in [0.15, 0.2) is 0 Å². The van der Waals surface area contributed by atoms with Crippen molar-refractivity contribution in [3.63, 3.8) is 0 Å². The third-order valence-electron chi connectivity index (χ3n) is 3.27. The van der Waals surface area contributed by atoms with Crippen LogP contribution < -0.4 is 4.74 Å². The molecule has 88 valence electrons. The molecule has 1 aromatic carbocycles. The summed E-state index contributed by atoms with van der Waals surface area (Å²) in [6.45, 7) is 0. The second-order valence-corrected chi connectivity index (χ2v) is 6.28. The summed E-state index contributed by atoms with van der Waals surface area (Å²) in [5, 5.41) is 0. The van der Waals surface area contributed by atoms with E-state index >= 15 is 0 Å². The molecule has 1 aromatic rings. The SMILES string of the molecule is BrC1=CC2CCc3cc(Br)ccc3OC2C=C1. The first-order valence-electron chi connectivity index (χ1n) is 5.73. The van der Waals surface area contributed by atoms with Crippen LogP contribution in [0.4, 0.5) is 0 Å². The van der Waals surface area contributed by atoms with Crippen molar-refractivity contribution in [1.29, 1.82) is 0 Å². The van der Waals surface area contributed by atoms with Gasteiger partial charge in [-0.1, -0.05) is 37.9 Å². The van der Waals surface area contributed by atoms with Gasteiger partial charge < -0.3 is 4.74 Å². The summed E-state index contributed by atoms with van der Waals surface area (Å²) in [5.41, 5.74) is 1.30. The predicted molar refractivity (Wildman–Crippen MR) is 76.5 cm³/mol. The van der Waals surface area contributed by atoms with Crippen LogP contribution in [-0.4, -0.2) is 6.10 Å². The maximum absolute atomic E-state index is 6.09. The van der Waals surface area contributed by atoms with Crippen LogP contribution in [0.15, 0.2) is 45.4 Å². The number of hydrogen-bond acceptors (Lipinski definition) is 1. The average molecular weight is 356 g/mol. The maximum Gasteiger partial charge on any atom is 0.123 e. The standard InChI is InChI=1S/C14H12Br2O/c15-11-3-5-13-9(7-11)1-2-10-8-12(16)4-6-14(10)17-13/h3-9,13H,1-2H2. The molecular formula is C14H12Br2O. The lowest BCUT2D eigenvalue weighted by Gasteiger charge is -2.23. The van der Waals surface area contributed by atoms with Gasteiger partial charge in [-0.3, -0.25) is 0 Å². The molecule has 0 radical (unpaired) electrons. The third kappa shape index (κ3) is 2.36. The Hall–Kier alpha value is -0.540. The summed E-state index contributed by atoms with van der Waals surface area (Å²) >= 11 is 7.05. The molecule has 0 spiro atoms. The van der Waals surface area contributed by atoms with Crippen molar-refractivity contribution in [2.75, 3.05) is 0 Å². The fourth-order valence-corrected chi connectivity index (χ4v) is 3.29. The van der Waals surface area contributed by atoms with Crippen LogP contribution >= 0.6 is 31.9 Å². The monoisotopic (exact) mass is 354 g/mol. The molecule has 0 amide bonds. The molecule has 1 nitrogen and oxygen atoms in total. The highest BCUT2D eigenvalue weighted by Crippen LogP contribution is 2.35. The highest BCUT2D eigenvalue weighted by atomic mass is 79.9. The Kier molecular flexibility index (Phi) is 3.14. The second kappa shape index (κ2) is 4.62. The molecule has 3 rings (SSSR count). The summed E-state index contributed by atoms with van der Waals surface area (Å²) < 4.78 is 8.37. The minimum Gasteiger partial charge on any atom is -0.485 e. The quantitative estimate of drug-likeness (QED) is 0.660. The van der Waals surface area contributed by atoms with E-state index in [-0.39, 0.29) is 6.10 Å². The Morgan fingerprint density at radius 2 is 2.12 bits per heavy atom. The Morgan fingerprint density at radius 1 is 1.24 bits per heavy atom. The van der Waals surface area contributed by atoms with Gasteiger partial charge in [-0.15, -0.1) is 0 Å². The van der Waals surface area contributed by atoms with Crippen LogP contribution in [0.3, 0.4) is 0 Å². The van der Waals surface area contributed by atoms with Crippen molar-refractivity contribution in [3.05, 3.63) is 50.9 Å². The van der Waals surface area contributed by atoms with E-state index in [4.69, 9.17) is 4.74 Å². The number of benzene rings is 1. The number of aryl methyl sites for hydroxylation is 1. The molecule has 1 aliphatic heterocycles. The Morgan fingerprint density at radius 3 is 3.00 bits per heavy atom. The molecule has 2 atom stereocenters. The lowest BCUT2D eigenvalue weighted by molar-refractivity contribution is 0.205. The molecule has 0 N–H and O–H groups in total. The van der Waals surface area contributed by atoms with Gasteiger partial charge in [-0.2, -0.15) is 0 Å². The van der Waals surface area contributed by atoms with Crippen LogP contribution in [-0.2, 0) is 6.42 Å². The van der Waals surface area contributed by atoms with Crippen molar-refractivity contribution in [2.24, 2.45) is 5.92 Å². The summed E-state index contributed by atoms with van der Waals surface area (Å²) in [6.07, 6.45) is 8.86. The lowest BCUT2D eigenvalue weighted by atomic mass is 9.92. The van der Waals surface area contributed by atoms with Gasteiger partial charge >= 0.3 is 0 Å². The summed E-state index contributed by atoms with van der Waals surface area (Å²) in [6, 6.07) is 6.26. The van der Waals surface area contributed by atoms with E-state index in [0.29, 0.717) is 5.92 Å². The topological polar surface area (TPSA) is 9.23 Å². The Balaban J connectivity index is 1.94.